The molecule has 0 amide bonds. The second-order valence-corrected chi connectivity index (χ2v) is 3.14. The molecule has 1 unspecified atom stereocenters. The van der Waals surface area contributed by atoms with Crippen LogP contribution in [0.5, 0.6) is 0 Å². The zero-order valence-corrected chi connectivity index (χ0v) is 7.83. The van der Waals surface area contributed by atoms with Crippen molar-refractivity contribution >= 4 is 5.82 Å². The van der Waals surface area contributed by atoms with E-state index in [9.17, 15) is 5.11 Å². The third-order valence-electron chi connectivity index (χ3n) is 2.06. The van der Waals surface area contributed by atoms with Gasteiger partial charge in [0.2, 0.25) is 0 Å². The van der Waals surface area contributed by atoms with Gasteiger partial charge in [0.25, 0.3) is 0 Å². The number of hydrogen-bond donors (Lipinski definition) is 2. The van der Waals surface area contributed by atoms with Crippen molar-refractivity contribution in [3.05, 3.63) is 36.3 Å². The molecule has 1 aromatic rings. The number of aryl methyl sites for hydroxylation is 1. The van der Waals surface area contributed by atoms with Crippen molar-refractivity contribution in [3.8, 4) is 0 Å². The number of hydrogen-bond acceptors (Lipinski definition) is 4. The second kappa shape index (κ2) is 3.19. The first-order valence-electron chi connectivity index (χ1n) is 4.28. The molecule has 5 nitrogen and oxygen atoms in total. The predicted molar refractivity (Wildman–Crippen MR) is 53.1 cm³/mol. The number of aliphatic hydroxyl groups is 1. The molecule has 3 N–H and O–H groups in total. The first-order valence-corrected chi connectivity index (χ1v) is 4.28. The van der Waals surface area contributed by atoms with Gasteiger partial charge in [-0.1, -0.05) is 0 Å². The minimum absolute atomic E-state index is 0.415. The Morgan fingerprint density at radius 1 is 1.57 bits per heavy atom. The number of aliphatic hydroxyl groups excluding tert-OH is 1. The summed E-state index contributed by atoms with van der Waals surface area (Å²) in [5.41, 5.74) is 6.01. The normalized spacial score (nSPS) is 21.1. The Morgan fingerprint density at radius 3 is 3.00 bits per heavy atom. The van der Waals surface area contributed by atoms with Gasteiger partial charge in [0, 0.05) is 25.5 Å². The Balaban J connectivity index is 2.28. The molecule has 1 aromatic heterocycles. The van der Waals surface area contributed by atoms with E-state index in [4.69, 9.17) is 5.73 Å². The predicted octanol–water partition coefficient (Wildman–Crippen LogP) is -0.0852. The summed E-state index contributed by atoms with van der Waals surface area (Å²) in [6.07, 6.45) is 6.17. The van der Waals surface area contributed by atoms with E-state index >= 15 is 0 Å². The van der Waals surface area contributed by atoms with E-state index in [1.165, 1.54) is 0 Å². The van der Waals surface area contributed by atoms with E-state index in [1.807, 2.05) is 19.3 Å². The fourth-order valence-electron chi connectivity index (χ4n) is 1.32. The van der Waals surface area contributed by atoms with Gasteiger partial charge >= 0.3 is 0 Å². The van der Waals surface area contributed by atoms with E-state index in [1.54, 1.807) is 27.9 Å². The van der Waals surface area contributed by atoms with Crippen LogP contribution in [0.25, 0.3) is 0 Å². The van der Waals surface area contributed by atoms with E-state index in [0.717, 1.165) is 0 Å². The molecule has 1 atom stereocenters. The molecule has 0 aliphatic carbocycles. The molecule has 2 rings (SSSR count). The summed E-state index contributed by atoms with van der Waals surface area (Å²) < 4.78 is 1.67. The van der Waals surface area contributed by atoms with Gasteiger partial charge in [-0.15, -0.1) is 0 Å². The van der Waals surface area contributed by atoms with Crippen molar-refractivity contribution in [3.63, 3.8) is 0 Å². The largest absolute Gasteiger partial charge is 0.398 e. The average molecular weight is 192 g/mol. The molecule has 74 valence electrons. The third kappa shape index (κ3) is 1.38. The van der Waals surface area contributed by atoms with Crippen LogP contribution in [-0.4, -0.2) is 21.1 Å². The molecule has 0 fully saturated rings. The molecule has 5 heteroatoms. The molecule has 0 aromatic carbocycles. The van der Waals surface area contributed by atoms with Crippen LogP contribution in [0.15, 0.2) is 36.3 Å². The van der Waals surface area contributed by atoms with Crippen LogP contribution < -0.4 is 10.6 Å². The average Bonchev–Trinajstić information content (AvgIpc) is 2.57. The lowest BCUT2D eigenvalue weighted by atomic mass is 10.2. The Bertz CT molecular complexity index is 393. The van der Waals surface area contributed by atoms with Crippen molar-refractivity contribution in [2.45, 2.75) is 6.23 Å². The molecule has 0 radical (unpaired) electrons. The highest BCUT2D eigenvalue weighted by molar-refractivity contribution is 5.46. The molecule has 1 aliphatic rings. The molecule has 2 heterocycles. The summed E-state index contributed by atoms with van der Waals surface area (Å²) in [6.45, 7) is 0. The van der Waals surface area contributed by atoms with Crippen LogP contribution in [0.2, 0.25) is 0 Å². The summed E-state index contributed by atoms with van der Waals surface area (Å²) in [6, 6.07) is 1.81. The van der Waals surface area contributed by atoms with Gasteiger partial charge in [-0.25, -0.2) is 0 Å². The maximum Gasteiger partial charge on any atom is 0.172 e. The highest BCUT2D eigenvalue weighted by Crippen LogP contribution is 2.18. The molecular weight excluding hydrogens is 180 g/mol. The SMILES string of the molecule is Cn1ccc(N2C=CC=C(N)C2O)n1. The lowest BCUT2D eigenvalue weighted by Crippen LogP contribution is -2.37. The summed E-state index contributed by atoms with van der Waals surface area (Å²) in [5, 5.41) is 13.9. The fraction of sp³-hybridized carbons (Fsp3) is 0.222. The fourth-order valence-corrected chi connectivity index (χ4v) is 1.32. The standard InChI is InChI=1S/C9H12N4O/c1-12-6-4-8(11-12)13-5-2-3-7(10)9(13)14/h2-6,9,14H,10H2,1H3. The third-order valence-corrected chi connectivity index (χ3v) is 2.06. The Morgan fingerprint density at radius 2 is 2.36 bits per heavy atom. The van der Waals surface area contributed by atoms with Gasteiger partial charge in [0.1, 0.15) is 0 Å². The number of allylic oxidation sites excluding steroid dienone is 2. The number of anilines is 1. The number of nitrogens with zero attached hydrogens (tertiary/aromatic N) is 3. The monoisotopic (exact) mass is 192 g/mol. The number of nitrogens with two attached hydrogens (primary N) is 1. The van der Waals surface area contributed by atoms with Gasteiger partial charge < -0.3 is 10.8 Å². The molecule has 0 saturated heterocycles. The molecule has 0 bridgehead atoms. The minimum atomic E-state index is -0.824. The topological polar surface area (TPSA) is 67.3 Å². The lowest BCUT2D eigenvalue weighted by molar-refractivity contribution is 0.211. The number of aromatic nitrogens is 2. The molecule has 0 spiro atoms. The summed E-state index contributed by atoms with van der Waals surface area (Å²) in [7, 11) is 1.82. The van der Waals surface area contributed by atoms with Crippen LogP contribution in [0.1, 0.15) is 0 Å². The van der Waals surface area contributed by atoms with Crippen molar-refractivity contribution in [2.75, 3.05) is 4.90 Å². The smallest absolute Gasteiger partial charge is 0.172 e. The van der Waals surface area contributed by atoms with Crippen molar-refractivity contribution in [1.82, 2.24) is 9.78 Å². The Hall–Kier alpha value is -1.75. The van der Waals surface area contributed by atoms with E-state index in [0.29, 0.717) is 11.5 Å². The minimum Gasteiger partial charge on any atom is -0.398 e. The van der Waals surface area contributed by atoms with Crippen molar-refractivity contribution in [2.24, 2.45) is 12.8 Å². The molecule has 1 aliphatic heterocycles. The van der Waals surface area contributed by atoms with Gasteiger partial charge in [-0.05, 0) is 12.2 Å². The van der Waals surface area contributed by atoms with Crippen molar-refractivity contribution in [1.29, 1.82) is 0 Å². The summed E-state index contributed by atoms with van der Waals surface area (Å²) >= 11 is 0. The van der Waals surface area contributed by atoms with Crippen LogP contribution in [-0.2, 0) is 7.05 Å². The highest BCUT2D eigenvalue weighted by atomic mass is 16.3. The van der Waals surface area contributed by atoms with Crippen LogP contribution in [0, 0.1) is 0 Å². The van der Waals surface area contributed by atoms with E-state index in [2.05, 4.69) is 5.10 Å². The van der Waals surface area contributed by atoms with Crippen molar-refractivity contribution < 1.29 is 5.11 Å². The summed E-state index contributed by atoms with van der Waals surface area (Å²) in [4.78, 5) is 1.61. The Labute approximate surface area is 81.7 Å². The maximum absolute atomic E-state index is 9.73. The maximum atomic E-state index is 9.73. The van der Waals surface area contributed by atoms with Crippen LogP contribution in [0.3, 0.4) is 0 Å². The van der Waals surface area contributed by atoms with E-state index in [-0.39, 0.29) is 0 Å². The van der Waals surface area contributed by atoms with Gasteiger partial charge in [0.05, 0.1) is 5.70 Å². The number of rotatable bonds is 1. The first kappa shape index (κ1) is 8.83. The van der Waals surface area contributed by atoms with Crippen LogP contribution >= 0.6 is 0 Å². The summed E-state index contributed by atoms with van der Waals surface area (Å²) in [5.74, 6) is 0.673. The zero-order chi connectivity index (χ0) is 10.1. The van der Waals surface area contributed by atoms with Gasteiger partial charge in [-0.3, -0.25) is 9.58 Å². The Kier molecular flexibility index (Phi) is 2.01. The van der Waals surface area contributed by atoms with Gasteiger partial charge in [0.15, 0.2) is 12.0 Å². The van der Waals surface area contributed by atoms with Gasteiger partial charge in [-0.2, -0.15) is 5.10 Å². The lowest BCUT2D eigenvalue weighted by Gasteiger charge is -2.26. The highest BCUT2D eigenvalue weighted by Gasteiger charge is 2.20. The quantitative estimate of drug-likeness (QED) is 0.652. The first-order chi connectivity index (χ1) is 6.68. The molecule has 14 heavy (non-hydrogen) atoms. The van der Waals surface area contributed by atoms with E-state index < -0.39 is 6.23 Å². The zero-order valence-electron chi connectivity index (χ0n) is 7.83. The molecule has 0 saturated carbocycles. The molecular formula is C9H12N4O. The van der Waals surface area contributed by atoms with Crippen LogP contribution in [0.4, 0.5) is 5.82 Å². The second-order valence-electron chi connectivity index (χ2n) is 3.14.